The van der Waals surface area contributed by atoms with Crippen LogP contribution in [0.3, 0.4) is 0 Å². The molecule has 2 rings (SSSR count). The molecule has 0 aliphatic carbocycles. The number of alkyl halides is 9. The van der Waals surface area contributed by atoms with Crippen LogP contribution in [-0.4, -0.2) is 24.2 Å². The van der Waals surface area contributed by atoms with Crippen molar-refractivity contribution in [2.75, 3.05) is 5.32 Å². The van der Waals surface area contributed by atoms with E-state index in [4.69, 9.17) is 0 Å². The SMILES string of the molecule is CCc1cc(C(F)(C(F)(F)F)C(F)(F)C(F)(F)F)cc(C)c1NC(=O)c1cccc(N=O)c1F. The van der Waals surface area contributed by atoms with Gasteiger partial charge in [-0.1, -0.05) is 19.1 Å². The van der Waals surface area contributed by atoms with Gasteiger partial charge < -0.3 is 5.32 Å². The van der Waals surface area contributed by atoms with E-state index in [1.807, 2.05) is 0 Å². The Bertz CT molecular complexity index is 1110. The minimum Gasteiger partial charge on any atom is -0.321 e. The van der Waals surface area contributed by atoms with Crippen LogP contribution in [0.15, 0.2) is 35.5 Å². The molecule has 0 saturated carbocycles. The summed E-state index contributed by atoms with van der Waals surface area (Å²) in [6.45, 7) is 2.15. The average Bonchev–Trinajstić information content (AvgIpc) is 2.72. The minimum absolute atomic E-state index is 0.0850. The van der Waals surface area contributed by atoms with Gasteiger partial charge in [0.25, 0.3) is 5.91 Å². The summed E-state index contributed by atoms with van der Waals surface area (Å²) in [5, 5.41) is 4.45. The summed E-state index contributed by atoms with van der Waals surface area (Å²) in [7, 11) is 0. The molecule has 0 spiro atoms. The number of hydrogen-bond acceptors (Lipinski definition) is 3. The molecule has 186 valence electrons. The van der Waals surface area contributed by atoms with Crippen molar-refractivity contribution in [2.24, 2.45) is 5.18 Å². The number of benzene rings is 2. The van der Waals surface area contributed by atoms with E-state index in [1.54, 1.807) is 0 Å². The molecule has 0 aliphatic heterocycles. The summed E-state index contributed by atoms with van der Waals surface area (Å²) in [4.78, 5) is 23.0. The number of carbonyl (C=O) groups excluding carboxylic acids is 1. The average molecular weight is 504 g/mol. The number of amides is 1. The number of nitrogens with zero attached hydrogens (tertiary/aromatic N) is 1. The van der Waals surface area contributed by atoms with Gasteiger partial charge in [-0.25, -0.2) is 8.78 Å². The fraction of sp³-hybridized carbons (Fsp3) is 0.350. The predicted molar refractivity (Wildman–Crippen MR) is 100 cm³/mol. The number of nitroso groups, excluding NO2 is 1. The maximum atomic E-state index is 14.8. The Morgan fingerprint density at radius 3 is 2.03 bits per heavy atom. The van der Waals surface area contributed by atoms with Crippen molar-refractivity contribution < 1.29 is 48.7 Å². The van der Waals surface area contributed by atoms with Crippen LogP contribution in [0.1, 0.15) is 34.0 Å². The standard InChI is InChI=1S/C20H14F10N2O2/c1-3-10-8-11(17(22,19(25,26)27)18(23,24)20(28,29)30)7-9(2)15(10)31-16(33)12-5-4-6-13(32-34)14(12)21/h4-8H,3H2,1-2H3,(H,31,33). The highest BCUT2D eigenvalue weighted by Crippen LogP contribution is 2.58. The molecule has 0 saturated heterocycles. The molecule has 1 N–H and O–H groups in total. The van der Waals surface area contributed by atoms with Gasteiger partial charge in [0.1, 0.15) is 5.69 Å². The van der Waals surface area contributed by atoms with E-state index in [9.17, 15) is 53.6 Å². The zero-order chi connectivity index (χ0) is 26.3. The summed E-state index contributed by atoms with van der Waals surface area (Å²) in [5.74, 6) is -9.44. The summed E-state index contributed by atoms with van der Waals surface area (Å²) in [6.07, 6.45) is -13.9. The highest BCUT2D eigenvalue weighted by molar-refractivity contribution is 6.05. The monoisotopic (exact) mass is 504 g/mol. The lowest BCUT2D eigenvalue weighted by atomic mass is 9.85. The molecule has 0 bridgehead atoms. The molecule has 1 amide bonds. The van der Waals surface area contributed by atoms with Crippen molar-refractivity contribution >= 4 is 17.3 Å². The van der Waals surface area contributed by atoms with E-state index in [0.29, 0.717) is 0 Å². The molecule has 0 radical (unpaired) electrons. The first-order valence-corrected chi connectivity index (χ1v) is 9.21. The van der Waals surface area contributed by atoms with Gasteiger partial charge in [0.2, 0.25) is 0 Å². The quantitative estimate of drug-likeness (QED) is 0.332. The first kappa shape index (κ1) is 27.1. The maximum Gasteiger partial charge on any atom is 0.457 e. The largest absolute Gasteiger partial charge is 0.457 e. The van der Waals surface area contributed by atoms with Gasteiger partial charge in [0.05, 0.1) is 5.56 Å². The zero-order valence-electron chi connectivity index (χ0n) is 17.1. The lowest BCUT2D eigenvalue weighted by Crippen LogP contribution is -2.59. The Balaban J connectivity index is 2.67. The van der Waals surface area contributed by atoms with E-state index in [2.05, 4.69) is 10.5 Å². The van der Waals surface area contributed by atoms with Gasteiger partial charge >= 0.3 is 23.9 Å². The third kappa shape index (κ3) is 4.32. The second-order valence-electron chi connectivity index (χ2n) is 7.09. The van der Waals surface area contributed by atoms with Gasteiger partial charge in [-0.15, -0.1) is 4.91 Å². The second kappa shape index (κ2) is 8.87. The first-order chi connectivity index (χ1) is 15.4. The molecule has 1 atom stereocenters. The number of hydrogen-bond donors (Lipinski definition) is 1. The molecule has 0 aliphatic rings. The normalized spacial score (nSPS) is 14.5. The molecule has 4 nitrogen and oxygen atoms in total. The van der Waals surface area contributed by atoms with Crippen LogP contribution in [0, 0.1) is 17.6 Å². The van der Waals surface area contributed by atoms with Crippen LogP contribution in [-0.2, 0) is 12.1 Å². The number of nitrogens with one attached hydrogen (secondary N) is 1. The van der Waals surface area contributed by atoms with Crippen LogP contribution in [0.25, 0.3) is 0 Å². The molecule has 2 aromatic rings. The van der Waals surface area contributed by atoms with E-state index >= 15 is 0 Å². The van der Waals surface area contributed by atoms with Crippen molar-refractivity contribution in [1.82, 2.24) is 0 Å². The fourth-order valence-corrected chi connectivity index (χ4v) is 3.18. The van der Waals surface area contributed by atoms with Crippen LogP contribution in [0.2, 0.25) is 0 Å². The highest BCUT2D eigenvalue weighted by atomic mass is 19.4. The van der Waals surface area contributed by atoms with Crippen molar-refractivity contribution in [3.8, 4) is 0 Å². The number of rotatable bonds is 6. The number of anilines is 1. The zero-order valence-corrected chi connectivity index (χ0v) is 17.1. The van der Waals surface area contributed by atoms with Gasteiger partial charge in [-0.2, -0.15) is 35.1 Å². The molecule has 1 unspecified atom stereocenters. The maximum absolute atomic E-state index is 14.8. The van der Waals surface area contributed by atoms with Crippen molar-refractivity contribution in [3.05, 3.63) is 63.3 Å². The molecular formula is C20H14F10N2O2. The molecule has 14 heteroatoms. The van der Waals surface area contributed by atoms with E-state index in [0.717, 1.165) is 25.1 Å². The Labute approximate surface area is 184 Å². The van der Waals surface area contributed by atoms with Gasteiger partial charge in [-0.05, 0) is 47.8 Å². The minimum atomic E-state index is -6.89. The second-order valence-corrected chi connectivity index (χ2v) is 7.09. The third-order valence-electron chi connectivity index (χ3n) is 4.94. The molecule has 0 heterocycles. The Morgan fingerprint density at radius 2 is 1.56 bits per heavy atom. The van der Waals surface area contributed by atoms with Crippen LogP contribution >= 0.6 is 0 Å². The third-order valence-corrected chi connectivity index (χ3v) is 4.94. The number of carbonyl (C=O) groups is 1. The Morgan fingerprint density at radius 1 is 0.971 bits per heavy atom. The van der Waals surface area contributed by atoms with Gasteiger partial charge in [-0.3, -0.25) is 4.79 Å². The Hall–Kier alpha value is -3.19. The van der Waals surface area contributed by atoms with Crippen LogP contribution in [0.4, 0.5) is 55.3 Å². The molecular weight excluding hydrogens is 490 g/mol. The van der Waals surface area contributed by atoms with Crippen molar-refractivity contribution in [3.63, 3.8) is 0 Å². The summed E-state index contributed by atoms with van der Waals surface area (Å²) in [6, 6.07) is 3.16. The molecule has 0 aromatic heterocycles. The van der Waals surface area contributed by atoms with E-state index in [1.165, 1.54) is 6.92 Å². The molecule has 34 heavy (non-hydrogen) atoms. The Kier molecular flexibility index (Phi) is 7.06. The first-order valence-electron chi connectivity index (χ1n) is 9.21. The predicted octanol–water partition coefficient (Wildman–Crippen LogP) is 7.27. The van der Waals surface area contributed by atoms with Crippen molar-refractivity contribution in [1.29, 1.82) is 0 Å². The lowest BCUT2D eigenvalue weighted by Gasteiger charge is -2.36. The molecule has 2 aromatic carbocycles. The summed E-state index contributed by atoms with van der Waals surface area (Å²) >= 11 is 0. The van der Waals surface area contributed by atoms with Gasteiger partial charge in [0, 0.05) is 11.3 Å². The van der Waals surface area contributed by atoms with E-state index < -0.39 is 63.6 Å². The number of halogens is 10. The van der Waals surface area contributed by atoms with Gasteiger partial charge in [0.15, 0.2) is 5.82 Å². The number of aryl methyl sites for hydroxylation is 2. The summed E-state index contributed by atoms with van der Waals surface area (Å²) in [5.41, 5.74) is -11.0. The topological polar surface area (TPSA) is 58.5 Å². The smallest absolute Gasteiger partial charge is 0.321 e. The van der Waals surface area contributed by atoms with Crippen molar-refractivity contribution in [2.45, 2.75) is 44.2 Å². The van der Waals surface area contributed by atoms with E-state index in [-0.39, 0.29) is 24.2 Å². The highest BCUT2D eigenvalue weighted by Gasteiger charge is 2.81. The lowest BCUT2D eigenvalue weighted by molar-refractivity contribution is -0.389. The fourth-order valence-electron chi connectivity index (χ4n) is 3.18. The van der Waals surface area contributed by atoms with Crippen LogP contribution < -0.4 is 5.32 Å². The van der Waals surface area contributed by atoms with Crippen LogP contribution in [0.5, 0.6) is 0 Å². The molecule has 0 fully saturated rings. The summed E-state index contributed by atoms with van der Waals surface area (Å²) < 4.78 is 135.